The first-order chi connectivity index (χ1) is 20.5. The number of aromatic nitrogens is 2. The molecule has 3 aromatic rings. The van der Waals surface area contributed by atoms with Crippen LogP contribution in [0.4, 0.5) is 30.9 Å². The molecule has 2 aliphatic rings. The summed E-state index contributed by atoms with van der Waals surface area (Å²) >= 11 is 0. The number of halogens is 2. The number of morpholine rings is 1. The number of carbonyl (C=O) groups excluding carboxylic acids is 2. The summed E-state index contributed by atoms with van der Waals surface area (Å²) in [6, 6.07) is 8.86. The molecular weight excluding hydrogens is 562 g/mol. The molecule has 43 heavy (non-hydrogen) atoms. The largest absolute Gasteiger partial charge is 0.469 e. The summed E-state index contributed by atoms with van der Waals surface area (Å²) in [5.74, 6) is -1.31. The molecule has 0 unspecified atom stereocenters. The van der Waals surface area contributed by atoms with Gasteiger partial charge in [0.05, 0.1) is 43.8 Å². The van der Waals surface area contributed by atoms with Gasteiger partial charge in [-0.1, -0.05) is 12.1 Å². The number of benzene rings is 2. The molecule has 0 saturated carbocycles. The molecule has 5 rings (SSSR count). The van der Waals surface area contributed by atoms with Crippen LogP contribution in [0, 0.1) is 11.6 Å². The van der Waals surface area contributed by atoms with Crippen LogP contribution in [0.15, 0.2) is 42.5 Å². The Bertz CT molecular complexity index is 1500. The second kappa shape index (κ2) is 12.5. The minimum Gasteiger partial charge on any atom is -0.469 e. The van der Waals surface area contributed by atoms with Gasteiger partial charge in [-0.05, 0) is 45.0 Å². The molecule has 11 nitrogen and oxygen atoms in total. The Balaban J connectivity index is 1.50. The number of amides is 3. The molecule has 1 fully saturated rings. The molecule has 0 aliphatic carbocycles. The maximum atomic E-state index is 14.0. The molecule has 0 spiro atoms. The highest BCUT2D eigenvalue weighted by molar-refractivity contribution is 6.03. The lowest BCUT2D eigenvalue weighted by molar-refractivity contribution is 0.0448. The zero-order valence-corrected chi connectivity index (χ0v) is 24.4. The number of methoxy groups -OCH3 is 1. The van der Waals surface area contributed by atoms with Gasteiger partial charge in [-0.2, -0.15) is 4.98 Å². The minimum atomic E-state index is -0.894. The number of fused-ring (bicyclic) bond motifs is 1. The summed E-state index contributed by atoms with van der Waals surface area (Å²) in [7, 11) is 1.58. The summed E-state index contributed by atoms with van der Waals surface area (Å²) in [4.78, 5) is 39.8. The minimum absolute atomic E-state index is 0.00312. The van der Waals surface area contributed by atoms with Crippen molar-refractivity contribution in [1.29, 1.82) is 0 Å². The molecule has 1 aromatic heterocycles. The Hall–Kier alpha value is -4.36. The second-order valence-electron chi connectivity index (χ2n) is 11.0. The zero-order valence-electron chi connectivity index (χ0n) is 24.4. The zero-order chi connectivity index (χ0) is 30.7. The smallest absolute Gasteiger partial charge is 0.323 e. The molecule has 1 atom stereocenters. The maximum absolute atomic E-state index is 14.0. The molecule has 3 amide bonds. The van der Waals surface area contributed by atoms with E-state index in [0.717, 1.165) is 12.1 Å². The van der Waals surface area contributed by atoms with Crippen LogP contribution in [-0.2, 0) is 9.47 Å². The number of urea groups is 1. The van der Waals surface area contributed by atoms with Crippen LogP contribution in [-0.4, -0.2) is 85.0 Å². The standard InChI is InChI=1S/C30H34F2N6O5/c1-18-16-42-14-12-38(18)28-35-25(24-26(36-28)43-30(2,3)17-37(27(24)39)11-13-41-4)19-5-8-21(9-6-19)33-29(40)34-23-10-7-20(31)15-22(23)32/h5-10,15,18H,11-14,16-17H2,1-4H3,(H2,33,34,40)/t18-/m0/s1. The van der Waals surface area contributed by atoms with Gasteiger partial charge in [-0.3, -0.25) is 4.79 Å². The first-order valence-corrected chi connectivity index (χ1v) is 13.9. The van der Waals surface area contributed by atoms with Crippen molar-refractivity contribution in [3.63, 3.8) is 0 Å². The van der Waals surface area contributed by atoms with Crippen molar-refractivity contribution in [1.82, 2.24) is 14.9 Å². The first kappa shape index (κ1) is 30.1. The molecular formula is C30H34F2N6O5. The summed E-state index contributed by atoms with van der Waals surface area (Å²) in [5, 5.41) is 4.98. The van der Waals surface area contributed by atoms with Crippen molar-refractivity contribution in [2.75, 3.05) is 62.1 Å². The average Bonchev–Trinajstić information content (AvgIpc) is 3.06. The van der Waals surface area contributed by atoms with Crippen LogP contribution in [0.2, 0.25) is 0 Å². The maximum Gasteiger partial charge on any atom is 0.323 e. The molecule has 3 heterocycles. The summed E-state index contributed by atoms with van der Waals surface area (Å²) < 4.78 is 44.4. The molecule has 0 radical (unpaired) electrons. The lowest BCUT2D eigenvalue weighted by Gasteiger charge is -2.34. The average molecular weight is 597 g/mol. The van der Waals surface area contributed by atoms with Gasteiger partial charge in [0.1, 0.15) is 22.8 Å². The van der Waals surface area contributed by atoms with E-state index in [2.05, 4.69) is 10.6 Å². The van der Waals surface area contributed by atoms with Crippen molar-refractivity contribution in [3.05, 3.63) is 59.7 Å². The lowest BCUT2D eigenvalue weighted by atomic mass is 10.0. The number of hydrogen-bond acceptors (Lipinski definition) is 8. The monoisotopic (exact) mass is 596 g/mol. The Kier molecular flexibility index (Phi) is 8.74. The second-order valence-corrected chi connectivity index (χ2v) is 11.0. The van der Waals surface area contributed by atoms with Crippen molar-refractivity contribution >= 4 is 29.3 Å². The van der Waals surface area contributed by atoms with E-state index >= 15 is 0 Å². The van der Waals surface area contributed by atoms with Gasteiger partial charge >= 0.3 is 6.03 Å². The van der Waals surface area contributed by atoms with Crippen LogP contribution in [0.3, 0.4) is 0 Å². The normalized spacial score (nSPS) is 18.0. The fourth-order valence-corrected chi connectivity index (χ4v) is 5.01. The quantitative estimate of drug-likeness (QED) is 0.408. The molecule has 228 valence electrons. The van der Waals surface area contributed by atoms with Crippen LogP contribution in [0.25, 0.3) is 11.3 Å². The fraction of sp³-hybridized carbons (Fsp3) is 0.400. The topological polar surface area (TPSA) is 118 Å². The summed E-state index contributed by atoms with van der Waals surface area (Å²) in [6.45, 7) is 8.44. The van der Waals surface area contributed by atoms with E-state index < -0.39 is 23.3 Å². The van der Waals surface area contributed by atoms with Crippen LogP contribution < -0.4 is 20.3 Å². The van der Waals surface area contributed by atoms with E-state index in [1.54, 1.807) is 36.3 Å². The highest BCUT2D eigenvalue weighted by atomic mass is 19.1. The van der Waals surface area contributed by atoms with Crippen LogP contribution in [0.1, 0.15) is 31.1 Å². The van der Waals surface area contributed by atoms with E-state index in [0.29, 0.717) is 68.4 Å². The molecule has 2 N–H and O–H groups in total. The lowest BCUT2D eigenvalue weighted by Crippen LogP contribution is -2.44. The molecule has 13 heteroatoms. The van der Waals surface area contributed by atoms with E-state index in [1.807, 2.05) is 25.7 Å². The first-order valence-electron chi connectivity index (χ1n) is 13.9. The predicted octanol–water partition coefficient (Wildman–Crippen LogP) is 4.55. The summed E-state index contributed by atoms with van der Waals surface area (Å²) in [6.07, 6.45) is 0. The Morgan fingerprint density at radius 1 is 1.14 bits per heavy atom. The number of hydrogen-bond donors (Lipinski definition) is 2. The number of ether oxygens (including phenoxy) is 3. The Morgan fingerprint density at radius 3 is 2.60 bits per heavy atom. The highest BCUT2D eigenvalue weighted by Gasteiger charge is 2.38. The fourth-order valence-electron chi connectivity index (χ4n) is 5.01. The SMILES string of the molecule is COCCN1CC(C)(C)Oc2nc(N3CCOC[C@@H]3C)nc(-c3ccc(NC(=O)Nc4ccc(F)cc4F)cc3)c2C1=O. The van der Waals surface area contributed by atoms with E-state index in [-0.39, 0.29) is 29.1 Å². The van der Waals surface area contributed by atoms with Crippen LogP contribution in [0.5, 0.6) is 5.88 Å². The Morgan fingerprint density at radius 2 is 1.91 bits per heavy atom. The van der Waals surface area contributed by atoms with Crippen molar-refractivity contribution < 1.29 is 32.6 Å². The van der Waals surface area contributed by atoms with E-state index in [1.165, 1.54) is 0 Å². The van der Waals surface area contributed by atoms with Gasteiger partial charge in [-0.15, -0.1) is 0 Å². The van der Waals surface area contributed by atoms with Gasteiger partial charge in [-0.25, -0.2) is 18.6 Å². The number of anilines is 3. The van der Waals surface area contributed by atoms with E-state index in [4.69, 9.17) is 24.2 Å². The third kappa shape index (κ3) is 6.83. The van der Waals surface area contributed by atoms with Gasteiger partial charge in [0, 0.05) is 37.5 Å². The summed E-state index contributed by atoms with van der Waals surface area (Å²) in [5.41, 5.74) is 0.712. The van der Waals surface area contributed by atoms with Crippen LogP contribution >= 0.6 is 0 Å². The molecule has 1 saturated heterocycles. The molecule has 2 aliphatic heterocycles. The number of rotatable bonds is 7. The Labute approximate surface area is 248 Å². The number of carbonyl (C=O) groups is 2. The number of nitrogens with one attached hydrogen (secondary N) is 2. The highest BCUT2D eigenvalue weighted by Crippen LogP contribution is 2.37. The van der Waals surface area contributed by atoms with Gasteiger partial charge < -0.3 is 34.6 Å². The van der Waals surface area contributed by atoms with E-state index in [9.17, 15) is 18.4 Å². The third-order valence-corrected chi connectivity index (χ3v) is 7.10. The van der Waals surface area contributed by atoms with Gasteiger partial charge in [0.2, 0.25) is 11.8 Å². The van der Waals surface area contributed by atoms with Crippen molar-refractivity contribution in [3.8, 4) is 17.1 Å². The third-order valence-electron chi connectivity index (χ3n) is 7.10. The van der Waals surface area contributed by atoms with Crippen molar-refractivity contribution in [2.45, 2.75) is 32.4 Å². The molecule has 2 aromatic carbocycles. The number of nitrogens with zero attached hydrogens (tertiary/aromatic N) is 4. The van der Waals surface area contributed by atoms with Crippen molar-refractivity contribution in [2.24, 2.45) is 0 Å². The van der Waals surface area contributed by atoms with Gasteiger partial charge in [0.15, 0.2) is 0 Å². The van der Waals surface area contributed by atoms with Gasteiger partial charge in [0.25, 0.3) is 5.91 Å². The molecule has 0 bridgehead atoms. The predicted molar refractivity (Wildman–Crippen MR) is 157 cm³/mol.